The fourth-order valence-corrected chi connectivity index (χ4v) is 4.82. The van der Waals surface area contributed by atoms with Crippen molar-refractivity contribution < 1.29 is 4.79 Å². The minimum absolute atomic E-state index is 0.0633. The Labute approximate surface area is 129 Å². The molecule has 120 valence electrons. The monoisotopic (exact) mass is 292 g/mol. The predicted molar refractivity (Wildman–Crippen MR) is 85.8 cm³/mol. The first kappa shape index (κ1) is 15.3. The van der Waals surface area contributed by atoms with E-state index in [0.29, 0.717) is 35.9 Å². The molecule has 5 atom stereocenters. The molecular weight excluding hydrogens is 260 g/mol. The van der Waals surface area contributed by atoms with Crippen molar-refractivity contribution >= 4 is 5.91 Å². The Morgan fingerprint density at radius 1 is 1.19 bits per heavy atom. The summed E-state index contributed by atoms with van der Waals surface area (Å²) in [4.78, 5) is 15.4. The van der Waals surface area contributed by atoms with E-state index in [4.69, 9.17) is 0 Å². The molecule has 3 aliphatic rings. The zero-order valence-corrected chi connectivity index (χ0v) is 14.0. The van der Waals surface area contributed by atoms with Gasteiger partial charge >= 0.3 is 0 Å². The molecule has 3 rings (SSSR count). The van der Waals surface area contributed by atoms with Crippen LogP contribution >= 0.6 is 0 Å². The van der Waals surface area contributed by atoms with Crippen molar-refractivity contribution in [2.75, 3.05) is 0 Å². The molecule has 1 saturated heterocycles. The van der Waals surface area contributed by atoms with Gasteiger partial charge in [-0.1, -0.05) is 46.5 Å². The van der Waals surface area contributed by atoms with Crippen LogP contribution in [0.5, 0.6) is 0 Å². The molecule has 5 unspecified atom stereocenters. The Kier molecular flexibility index (Phi) is 4.58. The third-order valence-electron chi connectivity index (χ3n) is 6.40. The van der Waals surface area contributed by atoms with Crippen LogP contribution in [-0.2, 0) is 4.79 Å². The molecular formula is C18H32N2O. The van der Waals surface area contributed by atoms with Crippen LogP contribution in [0.25, 0.3) is 0 Å². The number of nitrogens with one attached hydrogen (secondary N) is 1. The van der Waals surface area contributed by atoms with Gasteiger partial charge in [0.05, 0.1) is 12.2 Å². The van der Waals surface area contributed by atoms with Crippen LogP contribution in [0.2, 0.25) is 0 Å². The van der Waals surface area contributed by atoms with Crippen molar-refractivity contribution in [1.82, 2.24) is 10.2 Å². The van der Waals surface area contributed by atoms with E-state index >= 15 is 0 Å². The minimum atomic E-state index is 0.0633. The molecule has 0 aromatic rings. The topological polar surface area (TPSA) is 32.3 Å². The minimum Gasteiger partial charge on any atom is -0.322 e. The lowest BCUT2D eigenvalue weighted by Gasteiger charge is -2.36. The summed E-state index contributed by atoms with van der Waals surface area (Å²) in [7, 11) is 0. The first-order valence-electron chi connectivity index (χ1n) is 9.21. The number of nitrogens with zero attached hydrogens (tertiary/aromatic N) is 1. The van der Waals surface area contributed by atoms with E-state index in [9.17, 15) is 4.79 Å². The molecule has 0 bridgehead atoms. The fourth-order valence-electron chi connectivity index (χ4n) is 4.82. The molecule has 3 heteroatoms. The van der Waals surface area contributed by atoms with E-state index in [0.717, 1.165) is 6.42 Å². The van der Waals surface area contributed by atoms with Gasteiger partial charge in [-0.25, -0.2) is 0 Å². The predicted octanol–water partition coefficient (Wildman–Crippen LogP) is 3.54. The highest BCUT2D eigenvalue weighted by molar-refractivity contribution is 5.85. The molecule has 0 radical (unpaired) electrons. The number of rotatable bonds is 4. The van der Waals surface area contributed by atoms with E-state index in [2.05, 4.69) is 31.0 Å². The number of carbonyl (C=O) groups is 1. The summed E-state index contributed by atoms with van der Waals surface area (Å²) < 4.78 is 0. The van der Waals surface area contributed by atoms with Crippen LogP contribution in [0.15, 0.2) is 0 Å². The molecule has 0 aromatic carbocycles. The molecule has 3 fully saturated rings. The van der Waals surface area contributed by atoms with Crippen molar-refractivity contribution in [1.29, 1.82) is 0 Å². The fraction of sp³-hybridized carbons (Fsp3) is 0.944. The zero-order valence-electron chi connectivity index (χ0n) is 14.0. The van der Waals surface area contributed by atoms with Crippen LogP contribution in [0.3, 0.4) is 0 Å². The highest BCUT2D eigenvalue weighted by atomic mass is 16.2. The summed E-state index contributed by atoms with van der Waals surface area (Å²) in [5, 5.41) is 3.76. The zero-order chi connectivity index (χ0) is 15.0. The van der Waals surface area contributed by atoms with Gasteiger partial charge in [-0.2, -0.15) is 0 Å². The smallest absolute Gasteiger partial charge is 0.241 e. The van der Waals surface area contributed by atoms with Crippen molar-refractivity contribution in [2.45, 2.75) is 90.4 Å². The quantitative estimate of drug-likeness (QED) is 0.859. The van der Waals surface area contributed by atoms with Crippen LogP contribution in [0, 0.1) is 17.8 Å². The summed E-state index contributed by atoms with van der Waals surface area (Å²) in [6, 6.07) is 0.554. The van der Waals surface area contributed by atoms with Gasteiger partial charge in [0.1, 0.15) is 0 Å². The maximum atomic E-state index is 13.1. The Bertz CT molecular complexity index is 377. The number of hydrogen-bond donors (Lipinski definition) is 1. The Morgan fingerprint density at radius 3 is 2.48 bits per heavy atom. The van der Waals surface area contributed by atoms with E-state index in [1.165, 1.54) is 44.9 Å². The van der Waals surface area contributed by atoms with Crippen molar-refractivity contribution in [2.24, 2.45) is 17.8 Å². The number of carbonyl (C=O) groups excluding carboxylic acids is 1. The maximum absolute atomic E-state index is 13.1. The van der Waals surface area contributed by atoms with E-state index < -0.39 is 0 Å². The summed E-state index contributed by atoms with van der Waals surface area (Å²) in [6.45, 7) is 6.77. The third-order valence-corrected chi connectivity index (χ3v) is 6.40. The standard InChI is InChI=1S/C18H32N2O/c1-4-12(2)16-18(21)20(15-11-7-8-13(15)3)17(19-16)14-9-5-6-10-14/h12-17,19H,4-11H2,1-3H3. The average molecular weight is 292 g/mol. The van der Waals surface area contributed by atoms with Gasteiger partial charge in [0, 0.05) is 6.04 Å². The molecule has 0 spiro atoms. The molecule has 1 amide bonds. The molecule has 21 heavy (non-hydrogen) atoms. The van der Waals surface area contributed by atoms with Gasteiger partial charge in [0.25, 0.3) is 0 Å². The second kappa shape index (κ2) is 6.28. The van der Waals surface area contributed by atoms with Gasteiger partial charge in [-0.3, -0.25) is 10.1 Å². The molecule has 2 aliphatic carbocycles. The third kappa shape index (κ3) is 2.74. The van der Waals surface area contributed by atoms with Crippen LogP contribution < -0.4 is 5.32 Å². The average Bonchev–Trinajstić information content (AvgIpc) is 3.18. The summed E-state index contributed by atoms with van der Waals surface area (Å²) in [5.41, 5.74) is 0. The second-order valence-electron chi connectivity index (χ2n) is 7.74. The summed E-state index contributed by atoms with van der Waals surface area (Å²) >= 11 is 0. The van der Waals surface area contributed by atoms with E-state index in [1.807, 2.05) is 0 Å². The van der Waals surface area contributed by atoms with Gasteiger partial charge < -0.3 is 4.90 Å². The van der Waals surface area contributed by atoms with E-state index in [-0.39, 0.29) is 6.04 Å². The number of hydrogen-bond acceptors (Lipinski definition) is 2. The maximum Gasteiger partial charge on any atom is 0.241 e. The Morgan fingerprint density at radius 2 is 1.90 bits per heavy atom. The molecule has 0 aromatic heterocycles. The summed E-state index contributed by atoms with van der Waals surface area (Å²) in [6.07, 6.45) is 10.5. The SMILES string of the molecule is CCC(C)C1NC(C2CCCC2)N(C2CCCC2C)C1=O. The van der Waals surface area contributed by atoms with Gasteiger partial charge in [-0.15, -0.1) is 0 Å². The first-order chi connectivity index (χ1) is 10.1. The lowest BCUT2D eigenvalue weighted by molar-refractivity contribution is -0.134. The molecule has 2 saturated carbocycles. The van der Waals surface area contributed by atoms with Crippen LogP contribution in [0.1, 0.15) is 72.1 Å². The summed E-state index contributed by atoms with van der Waals surface area (Å²) in [5.74, 6) is 2.22. The van der Waals surface area contributed by atoms with Crippen LogP contribution in [-0.4, -0.2) is 29.1 Å². The lowest BCUT2D eigenvalue weighted by atomic mass is 9.98. The van der Waals surface area contributed by atoms with Crippen molar-refractivity contribution in [3.8, 4) is 0 Å². The first-order valence-corrected chi connectivity index (χ1v) is 9.21. The largest absolute Gasteiger partial charge is 0.322 e. The van der Waals surface area contributed by atoms with Crippen molar-refractivity contribution in [3.05, 3.63) is 0 Å². The Hall–Kier alpha value is -0.570. The number of amides is 1. The lowest BCUT2D eigenvalue weighted by Crippen LogP contribution is -2.49. The molecule has 1 N–H and O–H groups in total. The van der Waals surface area contributed by atoms with Crippen molar-refractivity contribution in [3.63, 3.8) is 0 Å². The highest BCUT2D eigenvalue weighted by Gasteiger charge is 2.48. The van der Waals surface area contributed by atoms with E-state index in [1.54, 1.807) is 0 Å². The molecule has 1 heterocycles. The van der Waals surface area contributed by atoms with Crippen LogP contribution in [0.4, 0.5) is 0 Å². The Balaban J connectivity index is 1.82. The van der Waals surface area contributed by atoms with Gasteiger partial charge in [-0.05, 0) is 43.4 Å². The molecule has 1 aliphatic heterocycles. The van der Waals surface area contributed by atoms with Gasteiger partial charge in [0.15, 0.2) is 0 Å². The highest BCUT2D eigenvalue weighted by Crippen LogP contribution is 2.39. The molecule has 3 nitrogen and oxygen atoms in total. The van der Waals surface area contributed by atoms with Gasteiger partial charge in [0.2, 0.25) is 5.91 Å². The second-order valence-corrected chi connectivity index (χ2v) is 7.74. The normalized spacial score (nSPS) is 39.4.